The van der Waals surface area contributed by atoms with Gasteiger partial charge in [0.1, 0.15) is 0 Å². The van der Waals surface area contributed by atoms with Crippen molar-refractivity contribution in [2.75, 3.05) is 26.2 Å². The fourth-order valence-electron chi connectivity index (χ4n) is 3.15. The zero-order valence-corrected chi connectivity index (χ0v) is 11.9. The number of nitrogens with zero attached hydrogens (tertiary/aromatic N) is 1. The number of aliphatic hydroxyl groups is 1. The molecule has 2 heterocycles. The van der Waals surface area contributed by atoms with Crippen LogP contribution in [0.25, 0.3) is 0 Å². The number of fused-ring (bicyclic) bond motifs is 1. The molecule has 1 aromatic rings. The number of ether oxygens (including phenoxy) is 1. The normalized spacial score (nSPS) is 26.6. The highest BCUT2D eigenvalue weighted by Crippen LogP contribution is 2.22. The first-order chi connectivity index (χ1) is 9.85. The monoisotopic (exact) mass is 276 g/mol. The van der Waals surface area contributed by atoms with Crippen molar-refractivity contribution in [1.29, 1.82) is 0 Å². The predicted molar refractivity (Wildman–Crippen MR) is 78.4 cm³/mol. The van der Waals surface area contributed by atoms with E-state index in [1.807, 2.05) is 12.1 Å². The van der Waals surface area contributed by atoms with Crippen LogP contribution in [0.5, 0.6) is 0 Å². The molecular weight excluding hydrogens is 252 g/mol. The van der Waals surface area contributed by atoms with Gasteiger partial charge in [0.05, 0.1) is 19.3 Å². The summed E-state index contributed by atoms with van der Waals surface area (Å²) < 4.78 is 5.93. The van der Waals surface area contributed by atoms with Crippen LogP contribution in [0, 0.1) is 0 Å². The Morgan fingerprint density at radius 3 is 2.85 bits per heavy atom. The number of aliphatic hydroxyl groups excluding tert-OH is 1. The van der Waals surface area contributed by atoms with Crippen molar-refractivity contribution in [1.82, 2.24) is 10.2 Å². The van der Waals surface area contributed by atoms with Gasteiger partial charge < -0.3 is 15.2 Å². The largest absolute Gasteiger partial charge is 0.392 e. The molecule has 110 valence electrons. The van der Waals surface area contributed by atoms with E-state index in [-0.39, 0.29) is 6.61 Å². The summed E-state index contributed by atoms with van der Waals surface area (Å²) in [5.74, 6) is 0. The molecule has 4 heteroatoms. The van der Waals surface area contributed by atoms with Gasteiger partial charge in [0.15, 0.2) is 0 Å². The van der Waals surface area contributed by atoms with E-state index in [0.29, 0.717) is 12.1 Å². The Kier molecular flexibility index (Phi) is 4.68. The lowest BCUT2D eigenvalue weighted by atomic mass is 10.1. The highest BCUT2D eigenvalue weighted by molar-refractivity contribution is 5.21. The van der Waals surface area contributed by atoms with E-state index in [4.69, 9.17) is 9.84 Å². The van der Waals surface area contributed by atoms with Crippen molar-refractivity contribution in [2.24, 2.45) is 0 Å². The molecule has 0 aromatic heterocycles. The summed E-state index contributed by atoms with van der Waals surface area (Å²) in [5.41, 5.74) is 2.21. The minimum atomic E-state index is 0.112. The van der Waals surface area contributed by atoms with Gasteiger partial charge in [-0.15, -0.1) is 0 Å². The summed E-state index contributed by atoms with van der Waals surface area (Å²) >= 11 is 0. The maximum absolute atomic E-state index is 9.01. The second-order valence-corrected chi connectivity index (χ2v) is 5.85. The van der Waals surface area contributed by atoms with E-state index in [1.165, 1.54) is 24.9 Å². The second kappa shape index (κ2) is 6.68. The average Bonchev–Trinajstić information content (AvgIpc) is 2.95. The summed E-state index contributed by atoms with van der Waals surface area (Å²) in [4.78, 5) is 2.58. The Bertz CT molecular complexity index is 421. The van der Waals surface area contributed by atoms with Crippen molar-refractivity contribution >= 4 is 0 Å². The number of hydrogen-bond acceptors (Lipinski definition) is 4. The van der Waals surface area contributed by atoms with Crippen molar-refractivity contribution < 1.29 is 9.84 Å². The molecule has 4 nitrogen and oxygen atoms in total. The van der Waals surface area contributed by atoms with Crippen LogP contribution in [0.3, 0.4) is 0 Å². The highest BCUT2D eigenvalue weighted by atomic mass is 16.5. The molecule has 2 atom stereocenters. The number of morpholine rings is 1. The maximum Gasteiger partial charge on any atom is 0.0827 e. The number of rotatable bonds is 5. The third-order valence-electron chi connectivity index (χ3n) is 4.37. The van der Waals surface area contributed by atoms with Gasteiger partial charge in [-0.05, 0) is 30.5 Å². The highest BCUT2D eigenvalue weighted by Gasteiger charge is 2.31. The minimum Gasteiger partial charge on any atom is -0.392 e. The maximum atomic E-state index is 9.01. The van der Waals surface area contributed by atoms with Crippen LogP contribution in [0.1, 0.15) is 24.0 Å². The molecule has 2 N–H and O–H groups in total. The molecule has 0 radical (unpaired) electrons. The van der Waals surface area contributed by atoms with Crippen LogP contribution >= 0.6 is 0 Å². The summed E-state index contributed by atoms with van der Waals surface area (Å²) in [5, 5.41) is 12.5. The van der Waals surface area contributed by atoms with Crippen LogP contribution in [0.2, 0.25) is 0 Å². The molecule has 2 unspecified atom stereocenters. The molecule has 0 bridgehead atoms. The first-order valence-corrected chi connectivity index (χ1v) is 7.60. The van der Waals surface area contributed by atoms with E-state index >= 15 is 0 Å². The van der Waals surface area contributed by atoms with Crippen molar-refractivity contribution in [3.8, 4) is 0 Å². The third kappa shape index (κ3) is 3.38. The van der Waals surface area contributed by atoms with E-state index in [2.05, 4.69) is 22.3 Å². The molecule has 0 saturated carbocycles. The summed E-state index contributed by atoms with van der Waals surface area (Å²) in [6.45, 7) is 5.09. The molecule has 2 aliphatic rings. The molecule has 20 heavy (non-hydrogen) atoms. The molecule has 2 fully saturated rings. The standard InChI is InChI=1S/C16H24N2O2/c19-11-14-5-3-13(4-6-14)8-17-9-16-10-18-7-1-2-15(18)12-20-16/h3-6,15-17,19H,1-2,7-12H2. The van der Waals surface area contributed by atoms with Gasteiger partial charge >= 0.3 is 0 Å². The Labute approximate surface area is 120 Å². The molecule has 1 aromatic carbocycles. The lowest BCUT2D eigenvalue weighted by Gasteiger charge is -2.35. The van der Waals surface area contributed by atoms with Crippen molar-refractivity contribution in [3.63, 3.8) is 0 Å². The number of benzene rings is 1. The van der Waals surface area contributed by atoms with Crippen LogP contribution in [-0.4, -0.2) is 48.4 Å². The van der Waals surface area contributed by atoms with Gasteiger partial charge in [-0.1, -0.05) is 24.3 Å². The Morgan fingerprint density at radius 1 is 1.25 bits per heavy atom. The molecule has 0 spiro atoms. The fraction of sp³-hybridized carbons (Fsp3) is 0.625. The van der Waals surface area contributed by atoms with Crippen LogP contribution in [0.4, 0.5) is 0 Å². The fourth-order valence-corrected chi connectivity index (χ4v) is 3.15. The minimum absolute atomic E-state index is 0.112. The van der Waals surface area contributed by atoms with Gasteiger partial charge in [0.2, 0.25) is 0 Å². The van der Waals surface area contributed by atoms with Crippen molar-refractivity contribution in [3.05, 3.63) is 35.4 Å². The lowest BCUT2D eigenvalue weighted by molar-refractivity contribution is -0.0470. The smallest absolute Gasteiger partial charge is 0.0827 e. The summed E-state index contributed by atoms with van der Waals surface area (Å²) in [6.07, 6.45) is 2.95. The van der Waals surface area contributed by atoms with Gasteiger partial charge in [-0.3, -0.25) is 4.90 Å². The zero-order valence-electron chi connectivity index (χ0n) is 11.9. The van der Waals surface area contributed by atoms with Crippen LogP contribution < -0.4 is 5.32 Å². The number of nitrogens with one attached hydrogen (secondary N) is 1. The zero-order chi connectivity index (χ0) is 13.8. The van der Waals surface area contributed by atoms with Crippen molar-refractivity contribution in [2.45, 2.75) is 38.1 Å². The predicted octanol–water partition coefficient (Wildman–Crippen LogP) is 1.13. The summed E-state index contributed by atoms with van der Waals surface area (Å²) in [7, 11) is 0. The SMILES string of the molecule is OCc1ccc(CNCC2CN3CCCC3CO2)cc1. The van der Waals surface area contributed by atoms with E-state index < -0.39 is 0 Å². The first-order valence-electron chi connectivity index (χ1n) is 7.60. The Hall–Kier alpha value is -0.940. The van der Waals surface area contributed by atoms with E-state index in [9.17, 15) is 0 Å². The second-order valence-electron chi connectivity index (χ2n) is 5.85. The van der Waals surface area contributed by atoms with Crippen LogP contribution in [0.15, 0.2) is 24.3 Å². The average molecular weight is 276 g/mol. The third-order valence-corrected chi connectivity index (χ3v) is 4.37. The summed E-state index contributed by atoms with van der Waals surface area (Å²) in [6, 6.07) is 8.76. The van der Waals surface area contributed by atoms with E-state index in [0.717, 1.165) is 31.8 Å². The van der Waals surface area contributed by atoms with Crippen LogP contribution in [-0.2, 0) is 17.9 Å². The quantitative estimate of drug-likeness (QED) is 0.846. The topological polar surface area (TPSA) is 44.7 Å². The van der Waals surface area contributed by atoms with Gasteiger partial charge in [0, 0.05) is 25.7 Å². The molecule has 3 rings (SSSR count). The lowest BCUT2D eigenvalue weighted by Crippen LogP contribution is -2.49. The molecule has 0 amide bonds. The van der Waals surface area contributed by atoms with E-state index in [1.54, 1.807) is 0 Å². The van der Waals surface area contributed by atoms with Gasteiger partial charge in [-0.25, -0.2) is 0 Å². The van der Waals surface area contributed by atoms with Gasteiger partial charge in [0.25, 0.3) is 0 Å². The molecule has 2 saturated heterocycles. The number of hydrogen-bond donors (Lipinski definition) is 2. The Morgan fingerprint density at radius 2 is 2.05 bits per heavy atom. The Balaban J connectivity index is 1.41. The molecule has 0 aliphatic carbocycles. The molecular formula is C16H24N2O2. The molecule has 2 aliphatic heterocycles. The first kappa shape index (κ1) is 14.0. The van der Waals surface area contributed by atoms with Gasteiger partial charge in [-0.2, -0.15) is 0 Å².